The van der Waals surface area contributed by atoms with Crippen LogP contribution in [0.1, 0.15) is 35.3 Å². The highest BCUT2D eigenvalue weighted by Crippen LogP contribution is 2.39. The zero-order valence-electron chi connectivity index (χ0n) is 26.1. The number of para-hydroxylation sites is 1. The van der Waals surface area contributed by atoms with Crippen molar-refractivity contribution >= 4 is 35.1 Å². The van der Waals surface area contributed by atoms with Crippen molar-refractivity contribution in [1.29, 1.82) is 0 Å². The maximum absolute atomic E-state index is 15.0. The number of likely N-dealkylation sites (N-methyl/N-ethyl adjacent to an activating group) is 2. The molecular formula is C33H36F3N7O2. The van der Waals surface area contributed by atoms with E-state index in [1.807, 2.05) is 39.8 Å². The molecule has 0 aliphatic carbocycles. The van der Waals surface area contributed by atoms with Crippen molar-refractivity contribution in [2.45, 2.75) is 27.3 Å². The highest BCUT2D eigenvalue weighted by Gasteiger charge is 2.34. The Labute approximate surface area is 260 Å². The van der Waals surface area contributed by atoms with Gasteiger partial charge in [-0.1, -0.05) is 26.0 Å². The van der Waals surface area contributed by atoms with Crippen LogP contribution >= 0.6 is 0 Å². The Hall–Kier alpha value is -4.97. The van der Waals surface area contributed by atoms with E-state index in [2.05, 4.69) is 15.6 Å². The van der Waals surface area contributed by atoms with Gasteiger partial charge in [-0.2, -0.15) is 4.98 Å². The highest BCUT2D eigenvalue weighted by molar-refractivity contribution is 6.05. The number of hydrogen-bond donors (Lipinski definition) is 2. The second-order valence-corrected chi connectivity index (χ2v) is 10.5. The number of carbonyl (C=O) groups is 2. The van der Waals surface area contributed by atoms with Crippen molar-refractivity contribution in [3.63, 3.8) is 0 Å². The molecule has 3 aromatic carbocycles. The lowest BCUT2D eigenvalue weighted by atomic mass is 9.97. The maximum Gasteiger partial charge on any atom is 0.328 e. The Morgan fingerprint density at radius 1 is 0.956 bits per heavy atom. The van der Waals surface area contributed by atoms with Crippen molar-refractivity contribution < 1.29 is 22.8 Å². The summed E-state index contributed by atoms with van der Waals surface area (Å²) in [7, 11) is 5.63. The lowest BCUT2D eigenvalue weighted by Gasteiger charge is -2.32. The molecule has 4 aromatic rings. The first-order valence-corrected chi connectivity index (χ1v) is 14.5. The molecule has 5 rings (SSSR count). The van der Waals surface area contributed by atoms with Gasteiger partial charge in [0.15, 0.2) is 5.82 Å². The first-order chi connectivity index (χ1) is 21.5. The number of amides is 3. The Balaban J connectivity index is 0.00000226. The van der Waals surface area contributed by atoms with Crippen LogP contribution in [-0.4, -0.2) is 61.0 Å². The Morgan fingerprint density at radius 2 is 1.62 bits per heavy atom. The molecule has 236 valence electrons. The van der Waals surface area contributed by atoms with Gasteiger partial charge in [-0.15, -0.1) is 0 Å². The molecule has 1 aliphatic heterocycles. The predicted octanol–water partition coefficient (Wildman–Crippen LogP) is 6.51. The summed E-state index contributed by atoms with van der Waals surface area (Å²) in [4.78, 5) is 40.4. The molecule has 0 atom stereocenters. The average Bonchev–Trinajstić information content (AvgIpc) is 3.02. The van der Waals surface area contributed by atoms with Crippen LogP contribution in [-0.2, 0) is 6.54 Å². The van der Waals surface area contributed by atoms with E-state index in [9.17, 15) is 14.0 Å². The lowest BCUT2D eigenvalue weighted by molar-refractivity contribution is 0.102. The number of rotatable bonds is 8. The zero-order chi connectivity index (χ0) is 32.8. The number of nitrogens with zero attached hydrogens (tertiary/aromatic N) is 5. The number of urea groups is 1. The van der Waals surface area contributed by atoms with Crippen LogP contribution in [0.15, 0.2) is 60.7 Å². The summed E-state index contributed by atoms with van der Waals surface area (Å²) in [6.07, 6.45) is 0. The van der Waals surface area contributed by atoms with Crippen molar-refractivity contribution in [3.8, 4) is 11.3 Å². The molecule has 1 aromatic heterocycles. The molecule has 0 saturated carbocycles. The van der Waals surface area contributed by atoms with E-state index in [0.29, 0.717) is 41.2 Å². The van der Waals surface area contributed by atoms with Crippen LogP contribution in [0.2, 0.25) is 0 Å². The fourth-order valence-corrected chi connectivity index (χ4v) is 4.66. The minimum Gasteiger partial charge on any atom is -0.343 e. The van der Waals surface area contributed by atoms with E-state index >= 15 is 8.78 Å². The first kappa shape index (κ1) is 32.9. The second kappa shape index (κ2) is 14.2. The largest absolute Gasteiger partial charge is 0.343 e. The maximum atomic E-state index is 15.0. The summed E-state index contributed by atoms with van der Waals surface area (Å²) in [6, 6.07) is 13.1. The van der Waals surface area contributed by atoms with Gasteiger partial charge >= 0.3 is 6.03 Å². The van der Waals surface area contributed by atoms with Crippen molar-refractivity contribution in [2.24, 2.45) is 0 Å². The fourth-order valence-electron chi connectivity index (χ4n) is 4.66. The summed E-state index contributed by atoms with van der Waals surface area (Å²) < 4.78 is 43.4. The summed E-state index contributed by atoms with van der Waals surface area (Å²) in [5.41, 5.74) is 2.31. The number of fused-ring (bicyclic) bond motifs is 1. The van der Waals surface area contributed by atoms with E-state index in [4.69, 9.17) is 4.98 Å². The van der Waals surface area contributed by atoms with Gasteiger partial charge in [0.25, 0.3) is 5.91 Å². The Bertz CT molecular complexity index is 1680. The van der Waals surface area contributed by atoms with Crippen LogP contribution < -0.4 is 20.4 Å². The van der Waals surface area contributed by atoms with Gasteiger partial charge in [0.2, 0.25) is 5.95 Å². The standard InChI is InChI=1S/C31H30F3N7O2.C2H6/c1-18-8-9-19(29(42)36-21-12-10-20(32)11-13-21)16-22(18)26-23-17-35-31(43)41(27-24(33)6-5-7-25(27)34)28(23)38-30(37-26)40(4)15-14-39(2)3;1-2/h5-13,16H,14-15,17H2,1-4H3,(H,35,43)(H,36,42);1-2H3. The quantitative estimate of drug-likeness (QED) is 0.234. The fraction of sp³-hybridized carbons (Fsp3) is 0.273. The number of aromatic nitrogens is 2. The van der Waals surface area contributed by atoms with Gasteiger partial charge < -0.3 is 20.4 Å². The smallest absolute Gasteiger partial charge is 0.328 e. The third kappa shape index (κ3) is 7.23. The van der Waals surface area contributed by atoms with Crippen molar-refractivity contribution in [1.82, 2.24) is 20.2 Å². The highest BCUT2D eigenvalue weighted by atomic mass is 19.1. The predicted molar refractivity (Wildman–Crippen MR) is 170 cm³/mol. The molecule has 0 saturated heterocycles. The summed E-state index contributed by atoms with van der Waals surface area (Å²) in [6.45, 7) is 7.01. The molecule has 2 heterocycles. The minimum absolute atomic E-state index is 0.0107. The number of anilines is 4. The topological polar surface area (TPSA) is 93.7 Å². The molecule has 1 aliphatic rings. The van der Waals surface area contributed by atoms with Gasteiger partial charge in [-0.05, 0) is 75.1 Å². The monoisotopic (exact) mass is 619 g/mol. The molecule has 0 bridgehead atoms. The van der Waals surface area contributed by atoms with Gasteiger partial charge in [0.1, 0.15) is 23.1 Å². The Morgan fingerprint density at radius 3 is 2.27 bits per heavy atom. The molecule has 0 fully saturated rings. The number of aryl methyl sites for hydroxylation is 1. The Kier molecular flexibility index (Phi) is 10.4. The van der Waals surface area contributed by atoms with Crippen molar-refractivity contribution in [3.05, 3.63) is 94.8 Å². The van der Waals surface area contributed by atoms with E-state index in [1.54, 1.807) is 30.1 Å². The number of carbonyl (C=O) groups excluding carboxylic acids is 2. The van der Waals surface area contributed by atoms with Crippen LogP contribution in [0, 0.1) is 24.4 Å². The van der Waals surface area contributed by atoms with Gasteiger partial charge in [0, 0.05) is 42.5 Å². The molecule has 0 unspecified atom stereocenters. The minimum atomic E-state index is -0.929. The molecule has 45 heavy (non-hydrogen) atoms. The third-order valence-corrected chi connectivity index (χ3v) is 7.05. The number of halogens is 3. The van der Waals surface area contributed by atoms with Crippen LogP contribution in [0.5, 0.6) is 0 Å². The third-order valence-electron chi connectivity index (χ3n) is 7.05. The molecule has 2 N–H and O–H groups in total. The number of hydrogen-bond acceptors (Lipinski definition) is 6. The van der Waals surface area contributed by atoms with E-state index < -0.39 is 35.1 Å². The number of nitrogens with one attached hydrogen (secondary N) is 2. The van der Waals surface area contributed by atoms with E-state index in [0.717, 1.165) is 22.6 Å². The number of benzene rings is 3. The normalized spacial score (nSPS) is 12.2. The van der Waals surface area contributed by atoms with Crippen LogP contribution in [0.25, 0.3) is 11.3 Å². The molecule has 0 radical (unpaired) electrons. The van der Waals surface area contributed by atoms with E-state index in [-0.39, 0.29) is 18.3 Å². The molecule has 3 amide bonds. The summed E-state index contributed by atoms with van der Waals surface area (Å²) in [5, 5.41) is 5.43. The van der Waals surface area contributed by atoms with Crippen LogP contribution in [0.3, 0.4) is 0 Å². The van der Waals surface area contributed by atoms with Gasteiger partial charge in [-0.25, -0.2) is 27.8 Å². The van der Waals surface area contributed by atoms with Crippen molar-refractivity contribution in [2.75, 3.05) is 49.3 Å². The van der Waals surface area contributed by atoms with Gasteiger partial charge in [0.05, 0.1) is 12.2 Å². The summed E-state index contributed by atoms with van der Waals surface area (Å²) >= 11 is 0. The van der Waals surface area contributed by atoms with Crippen LogP contribution in [0.4, 0.5) is 41.1 Å². The molecular weight excluding hydrogens is 583 g/mol. The van der Waals surface area contributed by atoms with Gasteiger partial charge in [-0.3, -0.25) is 4.79 Å². The van der Waals surface area contributed by atoms with E-state index in [1.165, 1.54) is 30.3 Å². The lowest BCUT2D eigenvalue weighted by Crippen LogP contribution is -2.43. The average molecular weight is 620 g/mol. The second-order valence-electron chi connectivity index (χ2n) is 10.5. The SMILES string of the molecule is CC.Cc1ccc(C(=O)Nc2ccc(F)cc2)cc1-c1nc(N(C)CCN(C)C)nc2c1CNC(=O)N2c1c(F)cccc1F. The zero-order valence-corrected chi connectivity index (χ0v) is 26.1. The molecule has 0 spiro atoms. The molecule has 12 heteroatoms. The first-order valence-electron chi connectivity index (χ1n) is 14.5. The molecule has 9 nitrogen and oxygen atoms in total. The summed E-state index contributed by atoms with van der Waals surface area (Å²) in [5.74, 6) is -2.45.